The number of amides is 2. The average Bonchev–Trinajstić information content (AvgIpc) is 3.69. The van der Waals surface area contributed by atoms with Gasteiger partial charge in [0.15, 0.2) is 5.65 Å². The third-order valence-corrected chi connectivity index (χ3v) is 7.78. The Balaban J connectivity index is 1.30. The summed E-state index contributed by atoms with van der Waals surface area (Å²) in [5.41, 5.74) is 11.0. The van der Waals surface area contributed by atoms with Crippen molar-refractivity contribution < 1.29 is 19.1 Å². The second-order valence-electron chi connectivity index (χ2n) is 12.0. The zero-order chi connectivity index (χ0) is 29.4. The lowest BCUT2D eigenvalue weighted by molar-refractivity contribution is -0.136. The summed E-state index contributed by atoms with van der Waals surface area (Å²) in [6.45, 7) is 8.41. The van der Waals surface area contributed by atoms with Gasteiger partial charge < -0.3 is 25.4 Å². The van der Waals surface area contributed by atoms with E-state index in [2.05, 4.69) is 14.9 Å². The van der Waals surface area contributed by atoms with Gasteiger partial charge >= 0.3 is 6.09 Å². The number of allylic oxidation sites excluding steroid dienone is 3. The first kappa shape index (κ1) is 27.9. The number of aromatic nitrogens is 4. The van der Waals surface area contributed by atoms with E-state index in [-0.39, 0.29) is 17.7 Å². The molecule has 2 fully saturated rings. The minimum Gasteiger partial charge on any atom is -0.444 e. The molecule has 42 heavy (non-hydrogen) atoms. The number of hydrogen-bond acceptors (Lipinski definition) is 8. The number of carbonyl (C=O) groups is 2. The molecule has 0 bridgehead atoms. The summed E-state index contributed by atoms with van der Waals surface area (Å²) >= 11 is 0. The Morgan fingerprint density at radius 3 is 2.64 bits per heavy atom. The molecule has 6 rings (SSSR count). The summed E-state index contributed by atoms with van der Waals surface area (Å²) in [7, 11) is 0. The number of nitrogens with one attached hydrogen (secondary N) is 1. The summed E-state index contributed by atoms with van der Waals surface area (Å²) in [5.74, 6) is 1.30. The second kappa shape index (κ2) is 11.2. The Bertz CT molecular complexity index is 1580. The molecule has 2 atom stereocenters. The van der Waals surface area contributed by atoms with Gasteiger partial charge in [-0.05, 0) is 70.4 Å². The van der Waals surface area contributed by atoms with Crippen molar-refractivity contribution in [3.05, 3.63) is 53.9 Å². The van der Waals surface area contributed by atoms with Crippen LogP contribution in [-0.4, -0.2) is 74.9 Å². The van der Waals surface area contributed by atoms with Crippen molar-refractivity contribution >= 4 is 34.7 Å². The number of nitrogen functional groups attached to an aromatic ring is 1. The molecule has 0 radical (unpaired) electrons. The van der Waals surface area contributed by atoms with E-state index in [1.807, 2.05) is 62.1 Å². The van der Waals surface area contributed by atoms with Gasteiger partial charge in [-0.2, -0.15) is 0 Å². The molecule has 3 aromatic rings. The number of fused-ring (bicyclic) bond motifs is 1. The van der Waals surface area contributed by atoms with Gasteiger partial charge in [-0.3, -0.25) is 9.36 Å². The Morgan fingerprint density at radius 2 is 1.93 bits per heavy atom. The van der Waals surface area contributed by atoms with Crippen LogP contribution in [0.5, 0.6) is 0 Å². The SMILES string of the molecule is CC(C)(C)OC(=O)NCC1=CC=C(n2c(-c3cccnc3N)nc3ccc(C4CC4C(=O)N4CCOCC4)nc32)CC1. The monoisotopic (exact) mass is 571 g/mol. The molecule has 1 aliphatic heterocycles. The van der Waals surface area contributed by atoms with Gasteiger partial charge in [0, 0.05) is 49.1 Å². The number of imidazole rings is 1. The van der Waals surface area contributed by atoms with E-state index in [9.17, 15) is 9.59 Å². The zero-order valence-corrected chi connectivity index (χ0v) is 24.3. The van der Waals surface area contributed by atoms with Gasteiger partial charge in [0.2, 0.25) is 5.91 Å². The molecular weight excluding hydrogens is 534 g/mol. The van der Waals surface area contributed by atoms with E-state index in [0.717, 1.165) is 46.5 Å². The molecule has 2 unspecified atom stereocenters. The van der Waals surface area contributed by atoms with Gasteiger partial charge in [0.25, 0.3) is 0 Å². The van der Waals surface area contributed by atoms with Crippen LogP contribution in [0.15, 0.2) is 48.2 Å². The number of morpholine rings is 1. The minimum absolute atomic E-state index is 0.0466. The molecule has 2 amide bonds. The third kappa shape index (κ3) is 5.87. The van der Waals surface area contributed by atoms with Crippen LogP contribution < -0.4 is 11.1 Å². The summed E-state index contributed by atoms with van der Waals surface area (Å²) in [5, 5.41) is 2.84. The Kier molecular flexibility index (Phi) is 7.44. The first-order valence-electron chi connectivity index (χ1n) is 14.5. The lowest BCUT2D eigenvalue weighted by Gasteiger charge is -2.27. The topological polar surface area (TPSA) is 137 Å². The highest BCUT2D eigenvalue weighted by Crippen LogP contribution is 2.48. The quantitative estimate of drug-likeness (QED) is 0.451. The second-order valence-corrected chi connectivity index (χ2v) is 12.0. The van der Waals surface area contributed by atoms with Crippen molar-refractivity contribution in [1.29, 1.82) is 0 Å². The smallest absolute Gasteiger partial charge is 0.407 e. The highest BCUT2D eigenvalue weighted by Gasteiger charge is 2.47. The zero-order valence-electron chi connectivity index (χ0n) is 24.3. The van der Waals surface area contributed by atoms with E-state index in [0.29, 0.717) is 50.9 Å². The standard InChI is InChI=1S/C31H37N7O4/c1-31(2,3)42-30(40)34-18-19-6-8-20(9-7-19)38-27(21-5-4-12-33-26(21)32)36-25-11-10-24(35-28(25)38)22-17-23(22)29(39)37-13-15-41-16-14-37/h4-6,8,10-12,22-23H,7,9,13-18H2,1-3H3,(H2,32,33)(H,34,40). The number of anilines is 1. The number of alkyl carbamates (subject to hydrolysis) is 1. The number of ether oxygens (including phenoxy) is 2. The Hall–Kier alpha value is -4.25. The molecule has 1 saturated heterocycles. The van der Waals surface area contributed by atoms with Crippen LogP contribution >= 0.6 is 0 Å². The van der Waals surface area contributed by atoms with Crippen LogP contribution in [0.1, 0.15) is 51.6 Å². The van der Waals surface area contributed by atoms with Crippen LogP contribution in [0.25, 0.3) is 28.2 Å². The Labute approximate surface area is 244 Å². The van der Waals surface area contributed by atoms with E-state index in [4.69, 9.17) is 25.2 Å². The van der Waals surface area contributed by atoms with E-state index < -0.39 is 11.7 Å². The molecule has 3 aliphatic rings. The van der Waals surface area contributed by atoms with E-state index >= 15 is 0 Å². The fourth-order valence-electron chi connectivity index (χ4n) is 5.55. The molecule has 4 heterocycles. The highest BCUT2D eigenvalue weighted by molar-refractivity contribution is 5.86. The van der Waals surface area contributed by atoms with Crippen molar-refractivity contribution in [3.63, 3.8) is 0 Å². The van der Waals surface area contributed by atoms with Crippen molar-refractivity contribution in [2.24, 2.45) is 5.92 Å². The van der Waals surface area contributed by atoms with Gasteiger partial charge in [-0.1, -0.05) is 11.6 Å². The van der Waals surface area contributed by atoms with Crippen LogP contribution in [0.2, 0.25) is 0 Å². The van der Waals surface area contributed by atoms with E-state index in [1.165, 1.54) is 0 Å². The molecular formula is C31H37N7O4. The highest BCUT2D eigenvalue weighted by atomic mass is 16.6. The molecule has 0 spiro atoms. The van der Waals surface area contributed by atoms with Gasteiger partial charge in [0.05, 0.1) is 18.8 Å². The predicted octanol–water partition coefficient (Wildman–Crippen LogP) is 4.12. The summed E-state index contributed by atoms with van der Waals surface area (Å²) < 4.78 is 12.8. The van der Waals surface area contributed by atoms with Crippen molar-refractivity contribution in [2.45, 2.75) is 51.6 Å². The molecule has 11 nitrogen and oxygen atoms in total. The summed E-state index contributed by atoms with van der Waals surface area (Å²) in [6.07, 6.45) is 7.56. The molecule has 11 heteroatoms. The van der Waals surface area contributed by atoms with Gasteiger partial charge in [-0.15, -0.1) is 0 Å². The Morgan fingerprint density at radius 1 is 1.12 bits per heavy atom. The fraction of sp³-hybridized carbons (Fsp3) is 0.452. The maximum Gasteiger partial charge on any atom is 0.407 e. The number of hydrogen-bond donors (Lipinski definition) is 2. The summed E-state index contributed by atoms with van der Waals surface area (Å²) in [4.78, 5) is 41.5. The van der Waals surface area contributed by atoms with Crippen LogP contribution in [0, 0.1) is 5.92 Å². The number of rotatable bonds is 6. The summed E-state index contributed by atoms with van der Waals surface area (Å²) in [6, 6.07) is 7.72. The van der Waals surface area contributed by atoms with Crippen LogP contribution in [0.4, 0.5) is 10.6 Å². The molecule has 3 N–H and O–H groups in total. The first-order chi connectivity index (χ1) is 20.2. The van der Waals surface area contributed by atoms with Crippen LogP contribution in [0.3, 0.4) is 0 Å². The number of pyridine rings is 2. The lowest BCUT2D eigenvalue weighted by Crippen LogP contribution is -2.41. The molecule has 0 aromatic carbocycles. The van der Waals surface area contributed by atoms with Gasteiger partial charge in [-0.25, -0.2) is 19.7 Å². The van der Waals surface area contributed by atoms with Crippen molar-refractivity contribution in [2.75, 3.05) is 38.6 Å². The maximum atomic E-state index is 13.1. The lowest BCUT2D eigenvalue weighted by atomic mass is 10.0. The molecule has 3 aromatic heterocycles. The van der Waals surface area contributed by atoms with Crippen molar-refractivity contribution in [1.82, 2.24) is 29.7 Å². The minimum atomic E-state index is -0.548. The average molecular weight is 572 g/mol. The van der Waals surface area contributed by atoms with Crippen molar-refractivity contribution in [3.8, 4) is 11.4 Å². The largest absolute Gasteiger partial charge is 0.444 e. The normalized spacial score (nSPS) is 20.6. The molecule has 1 saturated carbocycles. The maximum absolute atomic E-state index is 13.1. The van der Waals surface area contributed by atoms with Gasteiger partial charge in [0.1, 0.15) is 22.8 Å². The van der Waals surface area contributed by atoms with E-state index in [1.54, 1.807) is 6.20 Å². The third-order valence-electron chi connectivity index (χ3n) is 7.78. The molecule has 2 aliphatic carbocycles. The number of carbonyl (C=O) groups excluding carboxylic acids is 2. The fourth-order valence-corrected chi connectivity index (χ4v) is 5.55. The predicted molar refractivity (Wildman–Crippen MR) is 159 cm³/mol. The van der Waals surface area contributed by atoms with Crippen LogP contribution in [-0.2, 0) is 14.3 Å². The number of nitrogens with two attached hydrogens (primary N) is 1. The molecule has 220 valence electrons. The first-order valence-corrected chi connectivity index (χ1v) is 14.5. The number of nitrogens with zero attached hydrogens (tertiary/aromatic N) is 5.